The third-order valence-electron chi connectivity index (χ3n) is 10.5. The predicted molar refractivity (Wildman–Crippen MR) is 139 cm³/mol. The normalized spacial score (nSPS) is 41.6. The summed E-state index contributed by atoms with van der Waals surface area (Å²) in [5.74, 6) is 3.77. The average molecular weight is 493 g/mol. The molecule has 0 heterocycles. The van der Waals surface area contributed by atoms with Gasteiger partial charge in [-0.05, 0) is 92.3 Å². The quantitative estimate of drug-likeness (QED) is 0.263. The van der Waals surface area contributed by atoms with Crippen LogP contribution in [-0.2, 0) is 19.0 Å². The van der Waals surface area contributed by atoms with Crippen LogP contribution in [0.15, 0.2) is 23.8 Å². The van der Waals surface area contributed by atoms with Crippen molar-refractivity contribution in [2.75, 3.05) is 13.4 Å². The van der Waals surface area contributed by atoms with Gasteiger partial charge in [-0.1, -0.05) is 58.4 Å². The van der Waals surface area contributed by atoms with Gasteiger partial charge in [0.15, 0.2) is 0 Å². The zero-order valence-corrected chi connectivity index (χ0v) is 23.4. The summed E-state index contributed by atoms with van der Waals surface area (Å²) >= 11 is 0. The van der Waals surface area contributed by atoms with E-state index in [9.17, 15) is 8.42 Å². The molecule has 0 spiro atoms. The summed E-state index contributed by atoms with van der Waals surface area (Å²) in [6, 6.07) is 0. The molecule has 4 fully saturated rings. The Morgan fingerprint density at radius 1 is 1.06 bits per heavy atom. The van der Waals surface area contributed by atoms with Crippen LogP contribution in [0.2, 0.25) is 0 Å². The van der Waals surface area contributed by atoms with Crippen LogP contribution in [0.1, 0.15) is 86.0 Å². The van der Waals surface area contributed by atoms with Crippen molar-refractivity contribution in [3.8, 4) is 0 Å². The highest BCUT2D eigenvalue weighted by molar-refractivity contribution is 7.86. The Morgan fingerprint density at radius 3 is 2.41 bits per heavy atom. The van der Waals surface area contributed by atoms with E-state index in [-0.39, 0.29) is 17.6 Å². The van der Waals surface area contributed by atoms with E-state index < -0.39 is 10.1 Å². The highest BCUT2D eigenvalue weighted by Crippen LogP contribution is 2.68. The van der Waals surface area contributed by atoms with Gasteiger partial charge in [0, 0.05) is 12.5 Å². The Balaban J connectivity index is 1.54. The first-order valence-corrected chi connectivity index (χ1v) is 15.5. The fourth-order valence-corrected chi connectivity index (χ4v) is 8.82. The molecule has 194 valence electrons. The third-order valence-corrected chi connectivity index (χ3v) is 11.0. The van der Waals surface area contributed by atoms with E-state index in [0.29, 0.717) is 35.0 Å². The van der Waals surface area contributed by atoms with E-state index in [2.05, 4.69) is 52.8 Å². The second kappa shape index (κ2) is 9.67. The zero-order valence-electron chi connectivity index (χ0n) is 22.5. The largest absolute Gasteiger partial charge is 0.377 e. The minimum absolute atomic E-state index is 0.0487. The van der Waals surface area contributed by atoms with Crippen LogP contribution in [-0.4, -0.2) is 34.0 Å². The zero-order chi connectivity index (χ0) is 24.9. The standard InChI is InChI=1S/C29H48O4S/c1-19(2)20(3)10-11-21(4)24-13-14-25-22(9-8-16-28(24,25)5)17-27(32-6)29-18-23(29)12-15-26(29)33-34(7,30)31/h10-11,17,19-21,23-27H,8-9,12-16,18H2,1-7H3/b11-10+,22-17+/t20-,21+,23?,24+,25-,26?,27+,28+,29?/m0/s1. The lowest BCUT2D eigenvalue weighted by Crippen LogP contribution is -2.38. The Morgan fingerprint density at radius 2 is 1.79 bits per heavy atom. The SMILES string of the molecule is CO[C@H](/C=C1\CCC[C@]2(C)[C@@H]([C@H](C)/C=C/[C@H](C)C(C)C)CC[C@@H]12)C12CC1CCC2OS(C)(=O)=O. The Bertz CT molecular complexity index is 905. The number of fused-ring (bicyclic) bond motifs is 2. The first-order chi connectivity index (χ1) is 15.9. The average Bonchev–Trinajstić information content (AvgIpc) is 3.23. The topological polar surface area (TPSA) is 52.6 Å². The van der Waals surface area contributed by atoms with Gasteiger partial charge >= 0.3 is 0 Å². The number of rotatable bonds is 9. The number of methoxy groups -OCH3 is 1. The summed E-state index contributed by atoms with van der Waals surface area (Å²) in [5.41, 5.74) is 1.76. The molecule has 4 nitrogen and oxygen atoms in total. The van der Waals surface area contributed by atoms with Crippen molar-refractivity contribution >= 4 is 10.1 Å². The highest BCUT2D eigenvalue weighted by atomic mass is 32.2. The van der Waals surface area contributed by atoms with Crippen molar-refractivity contribution in [3.63, 3.8) is 0 Å². The van der Waals surface area contributed by atoms with Gasteiger partial charge in [0.25, 0.3) is 10.1 Å². The van der Waals surface area contributed by atoms with Crippen LogP contribution in [0.5, 0.6) is 0 Å². The number of hydrogen-bond donors (Lipinski definition) is 0. The molecule has 0 radical (unpaired) electrons. The molecule has 5 heteroatoms. The maximum Gasteiger partial charge on any atom is 0.264 e. The van der Waals surface area contributed by atoms with Gasteiger partial charge in [-0.25, -0.2) is 0 Å². The lowest BCUT2D eigenvalue weighted by Gasteiger charge is -2.44. The van der Waals surface area contributed by atoms with E-state index in [0.717, 1.165) is 31.6 Å². The summed E-state index contributed by atoms with van der Waals surface area (Å²) in [6.45, 7) is 11.9. The molecular formula is C29H48O4S. The molecule has 0 amide bonds. The van der Waals surface area contributed by atoms with Crippen molar-refractivity contribution in [2.45, 2.75) is 98.2 Å². The van der Waals surface area contributed by atoms with Gasteiger partial charge < -0.3 is 4.74 Å². The summed E-state index contributed by atoms with van der Waals surface area (Å²) in [5, 5.41) is 0. The molecule has 0 aliphatic heterocycles. The second-order valence-electron chi connectivity index (χ2n) is 12.7. The minimum atomic E-state index is -3.47. The molecule has 9 atom stereocenters. The van der Waals surface area contributed by atoms with E-state index in [1.165, 1.54) is 31.9 Å². The predicted octanol–water partition coefficient (Wildman–Crippen LogP) is 6.77. The van der Waals surface area contributed by atoms with Crippen LogP contribution >= 0.6 is 0 Å². The molecule has 4 saturated carbocycles. The van der Waals surface area contributed by atoms with Gasteiger partial charge in [0.2, 0.25) is 0 Å². The highest BCUT2D eigenvalue weighted by Gasteiger charge is 2.68. The number of allylic oxidation sites excluding steroid dienone is 3. The molecule has 0 aromatic heterocycles. The molecule has 0 N–H and O–H groups in total. The third kappa shape index (κ3) is 4.83. The first kappa shape index (κ1) is 26.4. The second-order valence-corrected chi connectivity index (χ2v) is 14.3. The summed E-state index contributed by atoms with van der Waals surface area (Å²) < 4.78 is 35.6. The number of ether oxygens (including phenoxy) is 1. The molecule has 4 aliphatic rings. The number of hydrogen-bond acceptors (Lipinski definition) is 4. The molecule has 0 aromatic rings. The van der Waals surface area contributed by atoms with Gasteiger partial charge in [-0.15, -0.1) is 0 Å². The molecule has 4 rings (SSSR count). The van der Waals surface area contributed by atoms with Gasteiger partial charge in [0.1, 0.15) is 0 Å². The van der Waals surface area contributed by atoms with Crippen molar-refractivity contribution in [3.05, 3.63) is 23.8 Å². The fraction of sp³-hybridized carbons (Fsp3) is 0.862. The summed E-state index contributed by atoms with van der Waals surface area (Å²) in [4.78, 5) is 0. The van der Waals surface area contributed by atoms with Crippen LogP contribution in [0.3, 0.4) is 0 Å². The lowest BCUT2D eigenvalue weighted by molar-refractivity contribution is 0.0141. The Hall–Kier alpha value is -0.650. The van der Waals surface area contributed by atoms with Gasteiger partial charge in [0.05, 0.1) is 18.5 Å². The monoisotopic (exact) mass is 492 g/mol. The minimum Gasteiger partial charge on any atom is -0.377 e. The summed E-state index contributed by atoms with van der Waals surface area (Å²) in [7, 11) is -1.67. The van der Waals surface area contributed by atoms with E-state index in [1.807, 2.05) is 0 Å². The van der Waals surface area contributed by atoms with Crippen molar-refractivity contribution in [1.29, 1.82) is 0 Å². The van der Waals surface area contributed by atoms with Gasteiger partial charge in [-0.3, -0.25) is 4.18 Å². The van der Waals surface area contributed by atoms with Crippen molar-refractivity contribution in [2.24, 2.45) is 46.3 Å². The fourth-order valence-electron chi connectivity index (χ4n) is 8.12. The Kier molecular flexibility index (Phi) is 7.51. The molecular weight excluding hydrogens is 444 g/mol. The van der Waals surface area contributed by atoms with Gasteiger partial charge in [-0.2, -0.15) is 8.42 Å². The molecule has 0 aromatic carbocycles. The Labute approximate surface area is 209 Å². The molecule has 3 unspecified atom stereocenters. The van der Waals surface area contributed by atoms with Crippen molar-refractivity contribution in [1.82, 2.24) is 0 Å². The van der Waals surface area contributed by atoms with Crippen LogP contribution in [0, 0.1) is 46.3 Å². The summed E-state index contributed by atoms with van der Waals surface area (Å²) in [6.07, 6.45) is 17.4. The van der Waals surface area contributed by atoms with E-state index >= 15 is 0 Å². The van der Waals surface area contributed by atoms with Crippen molar-refractivity contribution < 1.29 is 17.3 Å². The van der Waals surface area contributed by atoms with E-state index in [1.54, 1.807) is 12.7 Å². The molecule has 0 saturated heterocycles. The lowest BCUT2D eigenvalue weighted by atomic mass is 9.61. The van der Waals surface area contributed by atoms with Crippen LogP contribution in [0.4, 0.5) is 0 Å². The first-order valence-electron chi connectivity index (χ1n) is 13.7. The molecule has 4 aliphatic carbocycles. The maximum absolute atomic E-state index is 11.9. The van der Waals surface area contributed by atoms with Crippen LogP contribution < -0.4 is 0 Å². The van der Waals surface area contributed by atoms with E-state index in [4.69, 9.17) is 8.92 Å². The smallest absolute Gasteiger partial charge is 0.264 e. The molecule has 34 heavy (non-hydrogen) atoms. The maximum atomic E-state index is 11.9. The molecule has 0 bridgehead atoms. The van der Waals surface area contributed by atoms with Crippen LogP contribution in [0.25, 0.3) is 0 Å².